The predicted molar refractivity (Wildman–Crippen MR) is 54.7 cm³/mol. The number of hydrogen-bond donors (Lipinski definition) is 1. The first-order valence-corrected chi connectivity index (χ1v) is 4.91. The zero-order chi connectivity index (χ0) is 9.68. The molecule has 0 aliphatic carbocycles. The molecule has 0 atom stereocenters. The van der Waals surface area contributed by atoms with Crippen LogP contribution in [0.15, 0.2) is 12.4 Å². The lowest BCUT2D eigenvalue weighted by molar-refractivity contribution is 0.513. The van der Waals surface area contributed by atoms with Crippen molar-refractivity contribution in [1.82, 2.24) is 15.1 Å². The van der Waals surface area contributed by atoms with Gasteiger partial charge in [0.2, 0.25) is 0 Å². The van der Waals surface area contributed by atoms with Crippen LogP contribution in [0.4, 0.5) is 0 Å². The van der Waals surface area contributed by atoms with Gasteiger partial charge in [0.25, 0.3) is 0 Å². The molecule has 1 heterocycles. The van der Waals surface area contributed by atoms with E-state index in [1.54, 1.807) is 0 Å². The number of rotatable bonds is 5. The second-order valence-corrected chi connectivity index (χ2v) is 3.74. The monoisotopic (exact) mass is 181 g/mol. The number of aromatic nitrogens is 2. The van der Waals surface area contributed by atoms with E-state index in [9.17, 15) is 0 Å². The van der Waals surface area contributed by atoms with E-state index in [2.05, 4.69) is 37.4 Å². The van der Waals surface area contributed by atoms with E-state index in [0.717, 1.165) is 19.5 Å². The zero-order valence-electron chi connectivity index (χ0n) is 8.75. The van der Waals surface area contributed by atoms with Crippen molar-refractivity contribution in [1.29, 1.82) is 0 Å². The molecule has 1 aromatic rings. The van der Waals surface area contributed by atoms with Crippen LogP contribution in [0, 0.1) is 6.92 Å². The second-order valence-electron chi connectivity index (χ2n) is 3.74. The Balaban J connectivity index is 2.13. The molecule has 74 valence electrons. The molecular formula is C10H19N3. The summed E-state index contributed by atoms with van der Waals surface area (Å²) in [6.45, 7) is 8.47. The van der Waals surface area contributed by atoms with Crippen molar-refractivity contribution >= 4 is 0 Å². The fraction of sp³-hybridized carbons (Fsp3) is 0.700. The van der Waals surface area contributed by atoms with Crippen molar-refractivity contribution in [2.45, 2.75) is 39.8 Å². The first-order chi connectivity index (χ1) is 6.18. The summed E-state index contributed by atoms with van der Waals surface area (Å²) in [6, 6.07) is 0.583. The molecule has 0 radical (unpaired) electrons. The van der Waals surface area contributed by atoms with Gasteiger partial charge in [-0.25, -0.2) is 0 Å². The van der Waals surface area contributed by atoms with Gasteiger partial charge in [0.15, 0.2) is 0 Å². The predicted octanol–water partition coefficient (Wildman–Crippen LogP) is 1.58. The minimum Gasteiger partial charge on any atom is -0.314 e. The van der Waals surface area contributed by atoms with Gasteiger partial charge >= 0.3 is 0 Å². The van der Waals surface area contributed by atoms with Crippen molar-refractivity contribution in [3.05, 3.63) is 18.0 Å². The van der Waals surface area contributed by atoms with Crippen LogP contribution in [-0.4, -0.2) is 22.4 Å². The molecule has 1 rings (SSSR count). The Morgan fingerprint density at radius 2 is 2.31 bits per heavy atom. The largest absolute Gasteiger partial charge is 0.314 e. The molecule has 3 nitrogen and oxygen atoms in total. The van der Waals surface area contributed by atoms with E-state index in [1.807, 2.05) is 10.9 Å². The van der Waals surface area contributed by atoms with Crippen LogP contribution in [0.25, 0.3) is 0 Å². The van der Waals surface area contributed by atoms with Crippen molar-refractivity contribution < 1.29 is 0 Å². The maximum atomic E-state index is 4.22. The van der Waals surface area contributed by atoms with Crippen molar-refractivity contribution in [2.75, 3.05) is 6.54 Å². The van der Waals surface area contributed by atoms with E-state index in [0.29, 0.717) is 6.04 Å². The SMILES string of the molecule is Cc1cnn(CCCNC(C)C)c1. The topological polar surface area (TPSA) is 29.9 Å². The van der Waals surface area contributed by atoms with E-state index < -0.39 is 0 Å². The van der Waals surface area contributed by atoms with Crippen LogP contribution in [0.1, 0.15) is 25.8 Å². The smallest absolute Gasteiger partial charge is 0.0518 e. The molecule has 0 aromatic carbocycles. The third kappa shape index (κ3) is 4.08. The van der Waals surface area contributed by atoms with Crippen molar-refractivity contribution in [2.24, 2.45) is 0 Å². The number of nitrogens with one attached hydrogen (secondary N) is 1. The third-order valence-corrected chi connectivity index (χ3v) is 1.88. The van der Waals surface area contributed by atoms with E-state index in [4.69, 9.17) is 0 Å². The molecule has 0 unspecified atom stereocenters. The van der Waals surface area contributed by atoms with Gasteiger partial charge in [0.1, 0.15) is 0 Å². The van der Waals surface area contributed by atoms with Crippen LogP contribution < -0.4 is 5.32 Å². The first-order valence-electron chi connectivity index (χ1n) is 4.91. The standard InChI is InChI=1S/C10H19N3/c1-9(2)11-5-4-6-13-8-10(3)7-12-13/h7-9,11H,4-6H2,1-3H3. The van der Waals surface area contributed by atoms with Crippen LogP contribution in [0.2, 0.25) is 0 Å². The van der Waals surface area contributed by atoms with Gasteiger partial charge in [-0.15, -0.1) is 0 Å². The summed E-state index contributed by atoms with van der Waals surface area (Å²) < 4.78 is 2.00. The molecule has 13 heavy (non-hydrogen) atoms. The summed E-state index contributed by atoms with van der Waals surface area (Å²) >= 11 is 0. The van der Waals surface area contributed by atoms with E-state index in [-0.39, 0.29) is 0 Å². The van der Waals surface area contributed by atoms with Gasteiger partial charge in [0, 0.05) is 18.8 Å². The lowest BCUT2D eigenvalue weighted by atomic mass is 10.3. The van der Waals surface area contributed by atoms with Crippen LogP contribution in [0.5, 0.6) is 0 Å². The van der Waals surface area contributed by atoms with Gasteiger partial charge in [-0.05, 0) is 25.5 Å². The molecule has 0 aliphatic heterocycles. The first kappa shape index (κ1) is 10.3. The molecule has 3 heteroatoms. The van der Waals surface area contributed by atoms with Crippen LogP contribution in [0.3, 0.4) is 0 Å². The molecule has 0 aliphatic rings. The van der Waals surface area contributed by atoms with Crippen molar-refractivity contribution in [3.63, 3.8) is 0 Å². The highest BCUT2D eigenvalue weighted by Crippen LogP contribution is 1.95. The quantitative estimate of drug-likeness (QED) is 0.699. The Morgan fingerprint density at radius 3 is 2.85 bits per heavy atom. The van der Waals surface area contributed by atoms with Gasteiger partial charge < -0.3 is 5.32 Å². The Labute approximate surface area is 80.1 Å². The normalized spacial score (nSPS) is 11.1. The summed E-state index contributed by atoms with van der Waals surface area (Å²) in [4.78, 5) is 0. The number of nitrogens with zero attached hydrogens (tertiary/aromatic N) is 2. The minimum absolute atomic E-state index is 0.583. The average molecular weight is 181 g/mol. The van der Waals surface area contributed by atoms with Gasteiger partial charge in [0.05, 0.1) is 6.20 Å². The third-order valence-electron chi connectivity index (χ3n) is 1.88. The zero-order valence-corrected chi connectivity index (χ0v) is 8.75. The average Bonchev–Trinajstić information content (AvgIpc) is 2.45. The highest BCUT2D eigenvalue weighted by Gasteiger charge is 1.94. The molecule has 0 saturated carbocycles. The molecule has 0 amide bonds. The number of hydrogen-bond acceptors (Lipinski definition) is 2. The maximum absolute atomic E-state index is 4.22. The highest BCUT2D eigenvalue weighted by atomic mass is 15.3. The van der Waals surface area contributed by atoms with E-state index in [1.165, 1.54) is 5.56 Å². The van der Waals surface area contributed by atoms with Crippen LogP contribution >= 0.6 is 0 Å². The summed E-state index contributed by atoms with van der Waals surface area (Å²) in [6.07, 6.45) is 5.12. The molecule has 1 aromatic heterocycles. The molecule has 0 fully saturated rings. The Hall–Kier alpha value is -0.830. The molecule has 0 saturated heterocycles. The Bertz CT molecular complexity index is 240. The van der Waals surface area contributed by atoms with Gasteiger partial charge in [-0.3, -0.25) is 4.68 Å². The summed E-state index contributed by atoms with van der Waals surface area (Å²) in [5, 5.41) is 7.60. The minimum atomic E-state index is 0.583. The van der Waals surface area contributed by atoms with Crippen LogP contribution in [-0.2, 0) is 6.54 Å². The van der Waals surface area contributed by atoms with E-state index >= 15 is 0 Å². The fourth-order valence-electron chi connectivity index (χ4n) is 1.22. The highest BCUT2D eigenvalue weighted by molar-refractivity contribution is 4.99. The molecule has 0 spiro atoms. The molecule has 0 bridgehead atoms. The maximum Gasteiger partial charge on any atom is 0.0518 e. The van der Waals surface area contributed by atoms with Gasteiger partial charge in [-0.2, -0.15) is 5.10 Å². The van der Waals surface area contributed by atoms with Gasteiger partial charge in [-0.1, -0.05) is 13.8 Å². The Kier molecular flexibility index (Phi) is 3.96. The second kappa shape index (κ2) is 5.02. The van der Waals surface area contributed by atoms with Crippen molar-refractivity contribution in [3.8, 4) is 0 Å². The summed E-state index contributed by atoms with van der Waals surface area (Å²) in [7, 11) is 0. The molecule has 1 N–H and O–H groups in total. The number of aryl methyl sites for hydroxylation is 2. The lowest BCUT2D eigenvalue weighted by Crippen LogP contribution is -2.24. The molecular weight excluding hydrogens is 162 g/mol. The Morgan fingerprint density at radius 1 is 1.54 bits per heavy atom. The fourth-order valence-corrected chi connectivity index (χ4v) is 1.22. The summed E-state index contributed by atoms with van der Waals surface area (Å²) in [5.41, 5.74) is 1.23. The lowest BCUT2D eigenvalue weighted by Gasteiger charge is -2.07. The summed E-state index contributed by atoms with van der Waals surface area (Å²) in [5.74, 6) is 0.